The van der Waals surface area contributed by atoms with Crippen LogP contribution in [-0.4, -0.2) is 56.0 Å². The molecule has 9 nitrogen and oxygen atoms in total. The lowest BCUT2D eigenvalue weighted by atomic mass is 9.73. The van der Waals surface area contributed by atoms with Crippen LogP contribution in [0.3, 0.4) is 0 Å². The summed E-state index contributed by atoms with van der Waals surface area (Å²) in [6, 6.07) is 3.48. The van der Waals surface area contributed by atoms with Crippen LogP contribution < -0.4 is 23.7 Å². The molecule has 4 rings (SSSR count). The molecule has 2 aromatic carbocycles. The highest BCUT2D eigenvalue weighted by atomic mass is 16.7. The van der Waals surface area contributed by atoms with E-state index in [0.29, 0.717) is 45.3 Å². The molecule has 9 heteroatoms. The number of hydrogen-bond donors (Lipinski definition) is 3. The molecule has 0 saturated carbocycles. The van der Waals surface area contributed by atoms with Gasteiger partial charge in [-0.2, -0.15) is 0 Å². The monoisotopic (exact) mass is 432 g/mol. The van der Waals surface area contributed by atoms with Crippen LogP contribution in [0.25, 0.3) is 11.1 Å². The van der Waals surface area contributed by atoms with Crippen LogP contribution >= 0.6 is 0 Å². The highest BCUT2D eigenvalue weighted by Crippen LogP contribution is 2.55. The molecule has 1 aliphatic heterocycles. The third kappa shape index (κ3) is 3.25. The van der Waals surface area contributed by atoms with Crippen molar-refractivity contribution in [1.82, 2.24) is 0 Å². The molecule has 0 amide bonds. The fraction of sp³-hybridized carbons (Fsp3) is 0.409. The first kappa shape index (κ1) is 20.9. The van der Waals surface area contributed by atoms with Crippen molar-refractivity contribution in [2.75, 3.05) is 34.7 Å². The van der Waals surface area contributed by atoms with Gasteiger partial charge in [-0.3, -0.25) is 4.79 Å². The highest BCUT2D eigenvalue weighted by molar-refractivity contribution is 5.85. The number of phenols is 1. The number of carboxylic acids is 1. The smallest absolute Gasteiger partial charge is 0.307 e. The molecule has 31 heavy (non-hydrogen) atoms. The maximum Gasteiger partial charge on any atom is 0.307 e. The number of methoxy groups -OCH3 is 3. The fourth-order valence-electron chi connectivity index (χ4n) is 4.46. The summed E-state index contributed by atoms with van der Waals surface area (Å²) in [5.41, 5.74) is 2.42. The Balaban J connectivity index is 2.00. The Bertz CT molecular complexity index is 1010. The van der Waals surface area contributed by atoms with Crippen LogP contribution in [0.15, 0.2) is 12.1 Å². The van der Waals surface area contributed by atoms with Crippen LogP contribution in [0.5, 0.6) is 34.5 Å². The van der Waals surface area contributed by atoms with E-state index >= 15 is 0 Å². The van der Waals surface area contributed by atoms with Crippen LogP contribution in [0.1, 0.15) is 11.1 Å². The molecule has 3 N–H and O–H groups in total. The topological polar surface area (TPSA) is 124 Å². The van der Waals surface area contributed by atoms with Crippen LogP contribution in [-0.2, 0) is 17.6 Å². The van der Waals surface area contributed by atoms with E-state index in [0.717, 1.165) is 0 Å². The van der Waals surface area contributed by atoms with Crippen molar-refractivity contribution < 1.29 is 43.8 Å². The molecule has 0 radical (unpaired) electrons. The Morgan fingerprint density at radius 2 is 1.68 bits per heavy atom. The Kier molecular flexibility index (Phi) is 5.45. The number of aliphatic hydroxyl groups is 1. The molecule has 0 saturated heterocycles. The van der Waals surface area contributed by atoms with E-state index in [4.69, 9.17) is 23.7 Å². The van der Waals surface area contributed by atoms with E-state index in [2.05, 4.69) is 0 Å². The number of aliphatic hydroxyl groups excluding tert-OH is 1. The van der Waals surface area contributed by atoms with Gasteiger partial charge in [0.05, 0.1) is 27.2 Å². The molecular weight excluding hydrogens is 408 g/mol. The molecule has 2 aliphatic rings. The zero-order chi connectivity index (χ0) is 22.3. The van der Waals surface area contributed by atoms with E-state index in [-0.39, 0.29) is 37.7 Å². The third-order valence-electron chi connectivity index (χ3n) is 5.97. The summed E-state index contributed by atoms with van der Waals surface area (Å²) in [6.45, 7) is -0.376. The minimum absolute atomic E-state index is 0.0744. The predicted molar refractivity (Wildman–Crippen MR) is 108 cm³/mol. The lowest BCUT2D eigenvalue weighted by Crippen LogP contribution is -2.34. The van der Waals surface area contributed by atoms with Crippen LogP contribution in [0.2, 0.25) is 0 Å². The molecule has 0 bridgehead atoms. The fourth-order valence-corrected chi connectivity index (χ4v) is 4.46. The number of carbonyl (C=O) groups is 1. The lowest BCUT2D eigenvalue weighted by Gasteiger charge is -2.32. The second-order valence-electron chi connectivity index (χ2n) is 7.46. The van der Waals surface area contributed by atoms with Crippen LogP contribution in [0, 0.1) is 11.8 Å². The molecule has 166 valence electrons. The number of aromatic hydroxyl groups is 1. The Labute approximate surface area is 178 Å². The predicted octanol–water partition coefficient (Wildman–Crippen LogP) is 2.22. The summed E-state index contributed by atoms with van der Waals surface area (Å²) in [6.07, 6.45) is 0.314. The minimum Gasteiger partial charge on any atom is -0.504 e. The van der Waals surface area contributed by atoms with Gasteiger partial charge >= 0.3 is 5.97 Å². The number of phenolic OH excluding ortho intramolecular Hbond substituents is 1. The van der Waals surface area contributed by atoms with Gasteiger partial charge in [0.25, 0.3) is 0 Å². The summed E-state index contributed by atoms with van der Waals surface area (Å²) in [7, 11) is 4.51. The van der Waals surface area contributed by atoms with E-state index in [1.807, 2.05) is 0 Å². The molecule has 0 unspecified atom stereocenters. The average Bonchev–Trinajstić information content (AvgIpc) is 3.27. The zero-order valence-corrected chi connectivity index (χ0v) is 17.4. The SMILES string of the molecule is COc1cc(-c2c3c(c(O)c4c2OCO4)C[C@@H](CO)[C@H](C(=O)O)C3)cc(OC)c1OC. The summed E-state index contributed by atoms with van der Waals surface area (Å²) >= 11 is 0. The van der Waals surface area contributed by atoms with Gasteiger partial charge in [-0.1, -0.05) is 0 Å². The first-order valence-electron chi connectivity index (χ1n) is 9.75. The van der Waals surface area contributed by atoms with Crippen molar-refractivity contribution in [2.24, 2.45) is 11.8 Å². The Morgan fingerprint density at radius 3 is 2.23 bits per heavy atom. The second kappa shape index (κ2) is 8.07. The maximum absolute atomic E-state index is 11.9. The summed E-state index contributed by atoms with van der Waals surface area (Å²) in [5.74, 6) is -0.625. The molecule has 0 aromatic heterocycles. The van der Waals surface area contributed by atoms with Gasteiger partial charge in [-0.15, -0.1) is 0 Å². The van der Waals surface area contributed by atoms with Gasteiger partial charge in [-0.05, 0) is 42.0 Å². The van der Waals surface area contributed by atoms with E-state index in [1.54, 1.807) is 12.1 Å². The zero-order valence-electron chi connectivity index (χ0n) is 17.4. The molecular formula is C22H24O9. The maximum atomic E-state index is 11.9. The molecule has 0 fully saturated rings. The first-order chi connectivity index (χ1) is 14.9. The molecule has 1 heterocycles. The van der Waals surface area contributed by atoms with Crippen LogP contribution in [0.4, 0.5) is 0 Å². The van der Waals surface area contributed by atoms with Crippen molar-refractivity contribution >= 4 is 5.97 Å². The summed E-state index contributed by atoms with van der Waals surface area (Å²) < 4.78 is 27.5. The first-order valence-corrected chi connectivity index (χ1v) is 9.75. The number of rotatable bonds is 6. The largest absolute Gasteiger partial charge is 0.504 e. The summed E-state index contributed by atoms with van der Waals surface area (Å²) in [5, 5.41) is 30.3. The summed E-state index contributed by atoms with van der Waals surface area (Å²) in [4.78, 5) is 11.9. The van der Waals surface area contributed by atoms with Gasteiger partial charge in [0.1, 0.15) is 0 Å². The number of carboxylic acid groups (broad SMARTS) is 1. The highest BCUT2D eigenvalue weighted by Gasteiger charge is 2.40. The quantitative estimate of drug-likeness (QED) is 0.630. The molecule has 2 atom stereocenters. The number of ether oxygens (including phenoxy) is 5. The van der Waals surface area contributed by atoms with Gasteiger partial charge in [0, 0.05) is 17.7 Å². The third-order valence-corrected chi connectivity index (χ3v) is 5.97. The van der Waals surface area contributed by atoms with Crippen molar-refractivity contribution in [2.45, 2.75) is 12.8 Å². The van der Waals surface area contributed by atoms with Crippen molar-refractivity contribution in [3.63, 3.8) is 0 Å². The van der Waals surface area contributed by atoms with Gasteiger partial charge in [0.15, 0.2) is 23.0 Å². The number of benzene rings is 2. The number of aliphatic carboxylic acids is 1. The average molecular weight is 432 g/mol. The van der Waals surface area contributed by atoms with Crippen molar-refractivity contribution in [1.29, 1.82) is 0 Å². The lowest BCUT2D eigenvalue weighted by molar-refractivity contribution is -0.144. The standard InChI is InChI=1S/C22H24O9/c1-27-15-5-10(6-16(28-2)19(15)29-3)17-13-7-12(22(25)26)11(8-23)4-14(13)18(24)21-20(17)30-9-31-21/h5-6,11-12,23-24H,4,7-9H2,1-3H3,(H,25,26)/t11-,12+/m0/s1. The van der Waals surface area contributed by atoms with E-state index in [1.165, 1.54) is 21.3 Å². The number of hydrogen-bond acceptors (Lipinski definition) is 8. The Hall–Kier alpha value is -3.33. The normalized spacial score (nSPS) is 19.0. The number of fused-ring (bicyclic) bond motifs is 2. The van der Waals surface area contributed by atoms with Crippen molar-refractivity contribution in [3.8, 4) is 45.6 Å². The van der Waals surface area contributed by atoms with E-state index < -0.39 is 17.8 Å². The van der Waals surface area contributed by atoms with Gasteiger partial charge in [-0.25, -0.2) is 0 Å². The Morgan fingerprint density at radius 1 is 1.03 bits per heavy atom. The van der Waals surface area contributed by atoms with Crippen molar-refractivity contribution in [3.05, 3.63) is 23.3 Å². The minimum atomic E-state index is -1.00. The van der Waals surface area contributed by atoms with Gasteiger partial charge < -0.3 is 39.0 Å². The molecule has 2 aromatic rings. The van der Waals surface area contributed by atoms with Gasteiger partial charge in [0.2, 0.25) is 18.3 Å². The molecule has 1 aliphatic carbocycles. The molecule has 0 spiro atoms. The second-order valence-corrected chi connectivity index (χ2v) is 7.46. The van der Waals surface area contributed by atoms with E-state index in [9.17, 15) is 20.1 Å².